The van der Waals surface area contributed by atoms with Gasteiger partial charge in [-0.3, -0.25) is 14.9 Å². The SMILES string of the molecule is CC(C)NC(COc1c(Br)cc([N+](=O)[O-])cc1Br)C(N)=O. The van der Waals surface area contributed by atoms with Gasteiger partial charge >= 0.3 is 0 Å². The minimum Gasteiger partial charge on any atom is -0.489 e. The Labute approximate surface area is 138 Å². The Morgan fingerprint density at radius 1 is 1.43 bits per heavy atom. The number of amides is 1. The van der Waals surface area contributed by atoms with E-state index in [9.17, 15) is 14.9 Å². The van der Waals surface area contributed by atoms with Crippen LogP contribution in [0.5, 0.6) is 5.75 Å². The van der Waals surface area contributed by atoms with Crippen LogP contribution < -0.4 is 15.8 Å². The zero-order valence-corrected chi connectivity index (χ0v) is 14.6. The molecule has 0 radical (unpaired) electrons. The van der Waals surface area contributed by atoms with Crippen molar-refractivity contribution in [2.24, 2.45) is 5.73 Å². The van der Waals surface area contributed by atoms with Gasteiger partial charge < -0.3 is 15.8 Å². The van der Waals surface area contributed by atoms with Gasteiger partial charge in [0.2, 0.25) is 5.91 Å². The molecule has 0 aliphatic heterocycles. The first-order valence-electron chi connectivity index (χ1n) is 6.04. The molecule has 1 amide bonds. The highest BCUT2D eigenvalue weighted by Gasteiger charge is 2.20. The molecule has 0 aromatic heterocycles. The number of nitro groups is 1. The number of hydrogen-bond donors (Lipinski definition) is 2. The van der Waals surface area contributed by atoms with Crippen LogP contribution in [0, 0.1) is 10.1 Å². The maximum absolute atomic E-state index is 11.3. The largest absolute Gasteiger partial charge is 0.489 e. The van der Waals surface area contributed by atoms with E-state index in [1.54, 1.807) is 0 Å². The van der Waals surface area contributed by atoms with Crippen LogP contribution in [0.25, 0.3) is 0 Å². The molecular weight excluding hydrogens is 410 g/mol. The Morgan fingerprint density at radius 3 is 2.33 bits per heavy atom. The molecule has 9 heteroatoms. The van der Waals surface area contributed by atoms with E-state index in [-0.39, 0.29) is 18.3 Å². The summed E-state index contributed by atoms with van der Waals surface area (Å²) in [6.45, 7) is 3.78. The lowest BCUT2D eigenvalue weighted by atomic mass is 10.2. The number of nitro benzene ring substituents is 1. The van der Waals surface area contributed by atoms with Gasteiger partial charge in [0.05, 0.1) is 13.9 Å². The average molecular weight is 425 g/mol. The van der Waals surface area contributed by atoms with Crippen LogP contribution in [-0.2, 0) is 4.79 Å². The molecule has 0 bridgehead atoms. The normalized spacial score (nSPS) is 12.2. The van der Waals surface area contributed by atoms with Crippen LogP contribution in [0.15, 0.2) is 21.1 Å². The number of ether oxygens (including phenoxy) is 1. The van der Waals surface area contributed by atoms with Crippen molar-refractivity contribution in [3.63, 3.8) is 0 Å². The zero-order valence-electron chi connectivity index (χ0n) is 11.4. The van der Waals surface area contributed by atoms with Crippen molar-refractivity contribution in [1.29, 1.82) is 0 Å². The van der Waals surface area contributed by atoms with Crippen LogP contribution in [0.3, 0.4) is 0 Å². The van der Waals surface area contributed by atoms with E-state index in [0.29, 0.717) is 14.7 Å². The second kappa shape index (κ2) is 7.71. The van der Waals surface area contributed by atoms with Crippen LogP contribution in [0.4, 0.5) is 5.69 Å². The Hall–Kier alpha value is -1.19. The van der Waals surface area contributed by atoms with Gasteiger partial charge in [-0.2, -0.15) is 0 Å². The summed E-state index contributed by atoms with van der Waals surface area (Å²) in [4.78, 5) is 21.6. The Balaban J connectivity index is 2.88. The molecule has 21 heavy (non-hydrogen) atoms. The number of hydrogen-bond acceptors (Lipinski definition) is 5. The second-order valence-corrected chi connectivity index (χ2v) is 6.29. The summed E-state index contributed by atoms with van der Waals surface area (Å²) >= 11 is 6.42. The van der Waals surface area contributed by atoms with E-state index in [1.165, 1.54) is 12.1 Å². The van der Waals surface area contributed by atoms with Gasteiger partial charge in [-0.25, -0.2) is 0 Å². The third-order valence-corrected chi connectivity index (χ3v) is 3.64. The fourth-order valence-electron chi connectivity index (χ4n) is 1.57. The second-order valence-electron chi connectivity index (χ2n) is 4.58. The summed E-state index contributed by atoms with van der Waals surface area (Å²) in [6.07, 6.45) is 0. The van der Waals surface area contributed by atoms with Gasteiger partial charge in [-0.05, 0) is 31.9 Å². The van der Waals surface area contributed by atoms with Crippen LogP contribution in [0.2, 0.25) is 0 Å². The lowest BCUT2D eigenvalue weighted by Crippen LogP contribution is -2.48. The number of primary amides is 1. The average Bonchev–Trinajstić information content (AvgIpc) is 2.35. The number of benzene rings is 1. The molecule has 1 rings (SSSR count). The molecule has 1 atom stereocenters. The minimum atomic E-state index is -0.654. The number of nitrogens with one attached hydrogen (secondary N) is 1. The molecule has 0 spiro atoms. The molecule has 0 aliphatic carbocycles. The van der Waals surface area contributed by atoms with Crippen molar-refractivity contribution in [2.75, 3.05) is 6.61 Å². The number of nitrogens with zero attached hydrogens (tertiary/aromatic N) is 1. The predicted molar refractivity (Wildman–Crippen MR) is 85.2 cm³/mol. The van der Waals surface area contributed by atoms with Crippen LogP contribution in [0.1, 0.15) is 13.8 Å². The molecule has 0 heterocycles. The number of nitrogens with two attached hydrogens (primary N) is 1. The summed E-state index contributed by atoms with van der Waals surface area (Å²) in [5.74, 6) is -0.157. The Morgan fingerprint density at radius 2 is 1.95 bits per heavy atom. The number of carbonyl (C=O) groups excluding carboxylic acids is 1. The monoisotopic (exact) mass is 423 g/mol. The van der Waals surface area contributed by atoms with Gasteiger partial charge in [0.25, 0.3) is 5.69 Å². The topological polar surface area (TPSA) is 107 Å². The Bertz CT molecular complexity index is 528. The smallest absolute Gasteiger partial charge is 0.271 e. The first-order chi connectivity index (χ1) is 9.72. The lowest BCUT2D eigenvalue weighted by Gasteiger charge is -2.19. The molecule has 1 aromatic rings. The molecule has 3 N–H and O–H groups in total. The zero-order chi connectivity index (χ0) is 16.2. The van der Waals surface area contributed by atoms with Crippen LogP contribution >= 0.6 is 31.9 Å². The number of halogens is 2. The van der Waals surface area contributed by atoms with E-state index in [2.05, 4.69) is 37.2 Å². The van der Waals surface area contributed by atoms with E-state index >= 15 is 0 Å². The summed E-state index contributed by atoms with van der Waals surface area (Å²) in [6, 6.07) is 2.07. The van der Waals surface area contributed by atoms with E-state index in [1.807, 2.05) is 13.8 Å². The highest BCUT2D eigenvalue weighted by molar-refractivity contribution is 9.11. The fourth-order valence-corrected chi connectivity index (χ4v) is 2.96. The van der Waals surface area contributed by atoms with Gasteiger partial charge in [0.15, 0.2) is 0 Å². The molecular formula is C12H15Br2N3O4. The fraction of sp³-hybridized carbons (Fsp3) is 0.417. The summed E-state index contributed by atoms with van der Waals surface area (Å²) in [5, 5.41) is 13.7. The van der Waals surface area contributed by atoms with E-state index in [4.69, 9.17) is 10.5 Å². The summed E-state index contributed by atoms with van der Waals surface area (Å²) in [7, 11) is 0. The van der Waals surface area contributed by atoms with E-state index in [0.717, 1.165) is 0 Å². The quantitative estimate of drug-likeness (QED) is 0.515. The van der Waals surface area contributed by atoms with Gasteiger partial charge in [-0.15, -0.1) is 0 Å². The molecule has 1 aromatic carbocycles. The van der Waals surface area contributed by atoms with Crippen molar-refractivity contribution >= 4 is 43.5 Å². The summed E-state index contributed by atoms with van der Waals surface area (Å²) in [5.41, 5.74) is 5.22. The molecule has 1 unspecified atom stereocenters. The molecule has 116 valence electrons. The van der Waals surface area contributed by atoms with Crippen molar-refractivity contribution < 1.29 is 14.5 Å². The van der Waals surface area contributed by atoms with Crippen molar-refractivity contribution in [3.8, 4) is 5.75 Å². The van der Waals surface area contributed by atoms with Crippen molar-refractivity contribution in [2.45, 2.75) is 25.9 Å². The minimum absolute atomic E-state index is 0.0164. The molecule has 7 nitrogen and oxygen atoms in total. The van der Waals surface area contributed by atoms with E-state index < -0.39 is 16.9 Å². The number of carbonyl (C=O) groups is 1. The Kier molecular flexibility index (Phi) is 6.56. The third kappa shape index (κ3) is 5.25. The van der Waals surface area contributed by atoms with Crippen molar-refractivity contribution in [1.82, 2.24) is 5.32 Å². The third-order valence-electron chi connectivity index (χ3n) is 2.47. The maximum atomic E-state index is 11.3. The van der Waals surface area contributed by atoms with Gasteiger partial charge in [-0.1, -0.05) is 13.8 Å². The predicted octanol–water partition coefficient (Wildman–Crippen LogP) is 2.35. The van der Waals surface area contributed by atoms with Gasteiger partial charge in [0.1, 0.15) is 18.4 Å². The molecule has 0 saturated carbocycles. The highest BCUT2D eigenvalue weighted by Crippen LogP contribution is 2.37. The molecule has 0 aliphatic rings. The van der Waals surface area contributed by atoms with Gasteiger partial charge in [0, 0.05) is 18.2 Å². The first-order valence-corrected chi connectivity index (χ1v) is 7.62. The van der Waals surface area contributed by atoms with Crippen LogP contribution in [-0.4, -0.2) is 29.5 Å². The number of non-ortho nitro benzene ring substituents is 1. The molecule has 0 fully saturated rings. The standard InChI is InChI=1S/C12H15Br2N3O4/c1-6(2)16-10(12(15)18)5-21-11-8(13)3-7(17(19)20)4-9(11)14/h3-4,6,10,16H,5H2,1-2H3,(H2,15,18). The highest BCUT2D eigenvalue weighted by atomic mass is 79.9. The first kappa shape index (κ1) is 17.9. The maximum Gasteiger partial charge on any atom is 0.271 e. The summed E-state index contributed by atoms with van der Waals surface area (Å²) < 4.78 is 6.37. The molecule has 0 saturated heterocycles. The van der Waals surface area contributed by atoms with Crippen molar-refractivity contribution in [3.05, 3.63) is 31.2 Å². The number of rotatable bonds is 7. The lowest BCUT2D eigenvalue weighted by molar-refractivity contribution is -0.385.